The fourth-order valence-electron chi connectivity index (χ4n) is 2.24. The molecular weight excluding hydrogens is 342 g/mol. The maximum Gasteiger partial charge on any atom is 0.264 e. The minimum Gasteiger partial charge on any atom is -0.326 e. The molecule has 25 heavy (non-hydrogen) atoms. The van der Waals surface area contributed by atoms with Crippen LogP contribution in [0, 0.1) is 5.41 Å². The average molecular weight is 365 g/mol. The van der Waals surface area contributed by atoms with E-state index in [9.17, 15) is 13.2 Å². The number of hydrogen-bond donors (Lipinski definition) is 2. The van der Waals surface area contributed by atoms with Gasteiger partial charge in [0.25, 0.3) is 10.0 Å². The van der Waals surface area contributed by atoms with Gasteiger partial charge < -0.3 is 5.32 Å². The number of carbonyl (C=O) groups is 1. The number of benzene rings is 1. The third-order valence-corrected chi connectivity index (χ3v) is 4.71. The molecular formula is C16H23N5O3S. The van der Waals surface area contributed by atoms with Crippen LogP contribution in [0.2, 0.25) is 0 Å². The molecule has 0 aliphatic carbocycles. The molecule has 1 aromatic rings. The fraction of sp³-hybridized carbons (Fsp3) is 0.438. The van der Waals surface area contributed by atoms with Gasteiger partial charge in [-0.2, -0.15) is 5.10 Å². The second-order valence-corrected chi connectivity index (χ2v) is 8.08. The van der Waals surface area contributed by atoms with E-state index in [0.717, 1.165) is 0 Å². The van der Waals surface area contributed by atoms with Crippen LogP contribution < -0.4 is 10.0 Å². The van der Waals surface area contributed by atoms with Crippen LogP contribution in [0.1, 0.15) is 27.7 Å². The molecule has 2 N–H and O–H groups in total. The Morgan fingerprint density at radius 2 is 1.96 bits per heavy atom. The molecule has 0 unspecified atom stereocenters. The summed E-state index contributed by atoms with van der Waals surface area (Å²) in [5.74, 6) is -0.0316. The van der Waals surface area contributed by atoms with Crippen molar-refractivity contribution in [3.05, 3.63) is 24.3 Å². The lowest BCUT2D eigenvalue weighted by atomic mass is 9.97. The number of guanidine groups is 1. The molecule has 1 aliphatic heterocycles. The highest BCUT2D eigenvalue weighted by molar-refractivity contribution is 7.90. The summed E-state index contributed by atoms with van der Waals surface area (Å²) in [5, 5.41) is 8.38. The summed E-state index contributed by atoms with van der Waals surface area (Å²) in [6, 6.07) is 5.91. The van der Waals surface area contributed by atoms with E-state index in [2.05, 4.69) is 20.1 Å². The van der Waals surface area contributed by atoms with Gasteiger partial charge in [-0.25, -0.2) is 18.1 Å². The normalized spacial score (nSPS) is 16.8. The van der Waals surface area contributed by atoms with Crippen LogP contribution in [0.15, 0.2) is 39.3 Å². The van der Waals surface area contributed by atoms with Gasteiger partial charge in [0.15, 0.2) is 0 Å². The van der Waals surface area contributed by atoms with Crippen molar-refractivity contribution in [2.75, 3.05) is 18.4 Å². The number of nitrogens with zero attached hydrogens (tertiary/aromatic N) is 3. The van der Waals surface area contributed by atoms with Crippen molar-refractivity contribution < 1.29 is 13.2 Å². The number of nitrogens with one attached hydrogen (secondary N) is 2. The minimum atomic E-state index is -3.81. The molecule has 0 radical (unpaired) electrons. The Morgan fingerprint density at radius 3 is 2.44 bits per heavy atom. The number of rotatable bonds is 4. The Balaban J connectivity index is 2.19. The average Bonchev–Trinajstić information content (AvgIpc) is 2.87. The lowest BCUT2D eigenvalue weighted by molar-refractivity contribution is -0.114. The summed E-state index contributed by atoms with van der Waals surface area (Å²) in [5.41, 5.74) is 0.375. The Hall–Kier alpha value is -2.42. The van der Waals surface area contributed by atoms with Crippen molar-refractivity contribution in [2.24, 2.45) is 15.5 Å². The molecule has 2 rings (SSSR count). The predicted molar refractivity (Wildman–Crippen MR) is 98.0 cm³/mol. The van der Waals surface area contributed by atoms with Crippen molar-refractivity contribution in [3.63, 3.8) is 0 Å². The van der Waals surface area contributed by atoms with Gasteiger partial charge in [0.2, 0.25) is 11.9 Å². The molecule has 0 atom stereocenters. The molecule has 1 aromatic carbocycles. The van der Waals surface area contributed by atoms with Crippen LogP contribution >= 0.6 is 0 Å². The first-order valence-electron chi connectivity index (χ1n) is 7.90. The molecule has 1 aliphatic rings. The zero-order valence-corrected chi connectivity index (χ0v) is 15.6. The first-order valence-corrected chi connectivity index (χ1v) is 9.39. The molecule has 1 amide bonds. The van der Waals surface area contributed by atoms with E-state index in [4.69, 9.17) is 0 Å². The molecule has 0 aromatic heterocycles. The van der Waals surface area contributed by atoms with Crippen LogP contribution in [0.3, 0.4) is 0 Å². The largest absolute Gasteiger partial charge is 0.326 e. The first-order chi connectivity index (χ1) is 11.6. The number of anilines is 1. The molecule has 8 nitrogen and oxygen atoms in total. The Kier molecular flexibility index (Phi) is 5.46. The van der Waals surface area contributed by atoms with Crippen LogP contribution in [-0.2, 0) is 14.8 Å². The summed E-state index contributed by atoms with van der Waals surface area (Å²) in [6.07, 6.45) is 1.77. The summed E-state index contributed by atoms with van der Waals surface area (Å²) in [6.45, 7) is 8.19. The topological polar surface area (TPSA) is 103 Å². The van der Waals surface area contributed by atoms with Gasteiger partial charge in [0, 0.05) is 30.8 Å². The molecule has 9 heteroatoms. The van der Waals surface area contributed by atoms with Crippen molar-refractivity contribution in [2.45, 2.75) is 32.6 Å². The van der Waals surface area contributed by atoms with E-state index in [0.29, 0.717) is 18.8 Å². The highest BCUT2D eigenvalue weighted by atomic mass is 32.2. The molecule has 0 fully saturated rings. The van der Waals surface area contributed by atoms with Gasteiger partial charge in [0.05, 0.1) is 11.4 Å². The van der Waals surface area contributed by atoms with Crippen LogP contribution in [0.5, 0.6) is 0 Å². The summed E-state index contributed by atoms with van der Waals surface area (Å²) in [7, 11) is -3.81. The first kappa shape index (κ1) is 18.9. The fourth-order valence-corrected chi connectivity index (χ4v) is 3.26. The number of carbonyl (C=O) groups excluding carboxylic acids is 1. The van der Waals surface area contributed by atoms with Crippen molar-refractivity contribution in [1.29, 1.82) is 0 Å². The van der Waals surface area contributed by atoms with Gasteiger partial charge in [0.1, 0.15) is 0 Å². The van der Waals surface area contributed by atoms with Crippen molar-refractivity contribution in [1.82, 2.24) is 9.73 Å². The Bertz CT molecular complexity index is 798. The number of sulfonamides is 1. The van der Waals surface area contributed by atoms with E-state index < -0.39 is 10.0 Å². The number of hydrazone groups is 1. The van der Waals surface area contributed by atoms with Crippen molar-refractivity contribution >= 4 is 33.8 Å². The van der Waals surface area contributed by atoms with E-state index in [1.807, 2.05) is 20.8 Å². The zero-order valence-electron chi connectivity index (χ0n) is 14.8. The predicted octanol–water partition coefficient (Wildman–Crippen LogP) is 1.63. The maximum atomic E-state index is 12.6. The second kappa shape index (κ2) is 7.22. The van der Waals surface area contributed by atoms with E-state index in [-0.39, 0.29) is 22.2 Å². The highest BCUT2D eigenvalue weighted by Crippen LogP contribution is 2.21. The molecule has 0 saturated heterocycles. The van der Waals surface area contributed by atoms with Crippen LogP contribution in [0.25, 0.3) is 0 Å². The second-order valence-electron chi connectivity index (χ2n) is 6.40. The zero-order chi connectivity index (χ0) is 18.7. The van der Waals surface area contributed by atoms with Crippen molar-refractivity contribution in [3.8, 4) is 0 Å². The number of hydrogen-bond acceptors (Lipinski definition) is 5. The van der Waals surface area contributed by atoms with Gasteiger partial charge in [-0.1, -0.05) is 13.8 Å². The molecule has 1 heterocycles. The smallest absolute Gasteiger partial charge is 0.264 e. The lowest BCUT2D eigenvalue weighted by Crippen LogP contribution is -2.42. The van der Waals surface area contributed by atoms with Crippen LogP contribution in [0.4, 0.5) is 5.69 Å². The maximum absolute atomic E-state index is 12.6. The lowest BCUT2D eigenvalue weighted by Gasteiger charge is -2.21. The third-order valence-electron chi connectivity index (χ3n) is 3.37. The molecule has 0 saturated carbocycles. The summed E-state index contributed by atoms with van der Waals surface area (Å²) >= 11 is 0. The summed E-state index contributed by atoms with van der Waals surface area (Å²) in [4.78, 5) is 15.3. The van der Waals surface area contributed by atoms with E-state index >= 15 is 0 Å². The minimum absolute atomic E-state index is 0.0767. The highest BCUT2D eigenvalue weighted by Gasteiger charge is 2.30. The Labute approximate surface area is 148 Å². The summed E-state index contributed by atoms with van der Waals surface area (Å²) < 4.78 is 27.7. The molecule has 136 valence electrons. The third kappa shape index (κ3) is 5.02. The standard InChI is InChI=1S/C16H23N5O3S/c1-5-17-15(21-11-16(3,4)10-18-21)20-25(23,24)14-8-6-13(7-9-14)19-12(2)22/h6-10H,5,11H2,1-4H3,(H,17,20)(H,19,22). The van der Waals surface area contributed by atoms with Gasteiger partial charge in [-0.3, -0.25) is 9.79 Å². The SMILES string of the molecule is CCN=C(NS(=O)(=O)c1ccc(NC(C)=O)cc1)N1CC(C)(C)C=N1. The van der Waals surface area contributed by atoms with Gasteiger partial charge in [-0.15, -0.1) is 0 Å². The van der Waals surface area contributed by atoms with E-state index in [1.165, 1.54) is 31.2 Å². The molecule has 0 bridgehead atoms. The van der Waals surface area contributed by atoms with Gasteiger partial charge >= 0.3 is 0 Å². The number of amides is 1. The molecule has 0 spiro atoms. The van der Waals surface area contributed by atoms with Crippen LogP contribution in [-0.4, -0.2) is 44.6 Å². The Morgan fingerprint density at radius 1 is 1.32 bits per heavy atom. The monoisotopic (exact) mass is 365 g/mol. The quantitative estimate of drug-likeness (QED) is 0.625. The van der Waals surface area contributed by atoms with E-state index in [1.54, 1.807) is 11.2 Å². The number of aliphatic imine (C=N–C) groups is 1. The van der Waals surface area contributed by atoms with Gasteiger partial charge in [-0.05, 0) is 31.2 Å².